The van der Waals surface area contributed by atoms with E-state index in [1.807, 2.05) is 32.9 Å². The van der Waals surface area contributed by atoms with Crippen LogP contribution in [0.1, 0.15) is 26.5 Å². The molecular formula is C20H33N5O2. The van der Waals surface area contributed by atoms with Crippen molar-refractivity contribution in [2.75, 3.05) is 45.8 Å². The van der Waals surface area contributed by atoms with Gasteiger partial charge in [-0.25, -0.2) is 4.99 Å². The maximum atomic E-state index is 11.9. The number of carbonyl (C=O) groups is 1. The van der Waals surface area contributed by atoms with Gasteiger partial charge in [0.2, 0.25) is 5.91 Å². The largest absolute Gasteiger partial charge is 0.469 e. The predicted molar refractivity (Wildman–Crippen MR) is 109 cm³/mol. The normalized spacial score (nSPS) is 15.9. The molecule has 7 nitrogen and oxygen atoms in total. The number of hydrogen-bond donors (Lipinski definition) is 2. The molecule has 1 saturated heterocycles. The molecule has 2 rings (SSSR count). The highest BCUT2D eigenvalue weighted by atomic mass is 16.3. The minimum absolute atomic E-state index is 0.0891. The number of furan rings is 1. The Morgan fingerprint density at radius 3 is 2.67 bits per heavy atom. The summed E-state index contributed by atoms with van der Waals surface area (Å²) >= 11 is 0. The number of guanidine groups is 1. The number of nitrogens with one attached hydrogen (secondary N) is 2. The van der Waals surface area contributed by atoms with Crippen molar-refractivity contribution in [2.24, 2.45) is 4.99 Å². The molecule has 0 aliphatic carbocycles. The fraction of sp³-hybridized carbons (Fsp3) is 0.600. The first-order chi connectivity index (χ1) is 12.9. The molecule has 1 aliphatic rings. The van der Waals surface area contributed by atoms with E-state index in [-0.39, 0.29) is 11.9 Å². The quantitative estimate of drug-likeness (QED) is 0.409. The smallest absolute Gasteiger partial charge is 0.234 e. The molecule has 0 spiro atoms. The van der Waals surface area contributed by atoms with Crippen LogP contribution < -0.4 is 10.6 Å². The summed E-state index contributed by atoms with van der Waals surface area (Å²) in [5, 5.41) is 6.39. The van der Waals surface area contributed by atoms with Crippen LogP contribution in [0.4, 0.5) is 0 Å². The van der Waals surface area contributed by atoms with Gasteiger partial charge < -0.3 is 20.0 Å². The highest BCUT2D eigenvalue weighted by Gasteiger charge is 2.21. The third-order valence-corrected chi connectivity index (χ3v) is 4.22. The fourth-order valence-electron chi connectivity index (χ4n) is 2.92. The number of nitrogens with zero attached hydrogens (tertiary/aromatic N) is 3. The van der Waals surface area contributed by atoms with Crippen molar-refractivity contribution in [1.82, 2.24) is 20.4 Å². The Balaban J connectivity index is 1.83. The van der Waals surface area contributed by atoms with Gasteiger partial charge in [-0.15, -0.1) is 0 Å². The number of rotatable bonds is 8. The van der Waals surface area contributed by atoms with E-state index in [0.29, 0.717) is 13.1 Å². The van der Waals surface area contributed by atoms with Crippen LogP contribution >= 0.6 is 0 Å². The Hall–Kier alpha value is -2.28. The van der Waals surface area contributed by atoms with Gasteiger partial charge in [0.05, 0.1) is 19.4 Å². The first kappa shape index (κ1) is 21.0. The van der Waals surface area contributed by atoms with Crippen molar-refractivity contribution >= 4 is 11.9 Å². The lowest BCUT2D eigenvalue weighted by Crippen LogP contribution is -2.54. The molecular weight excluding hydrogens is 342 g/mol. The van der Waals surface area contributed by atoms with Crippen LogP contribution in [0.3, 0.4) is 0 Å². The van der Waals surface area contributed by atoms with Crippen LogP contribution in [-0.4, -0.2) is 73.5 Å². The lowest BCUT2D eigenvalue weighted by molar-refractivity contribution is -0.123. The van der Waals surface area contributed by atoms with Crippen LogP contribution in [0.25, 0.3) is 0 Å². The lowest BCUT2D eigenvalue weighted by Gasteiger charge is -2.36. The molecule has 0 aromatic carbocycles. The Bertz CT molecular complexity index is 616. The van der Waals surface area contributed by atoms with E-state index in [4.69, 9.17) is 9.41 Å². The molecule has 0 radical (unpaired) electrons. The van der Waals surface area contributed by atoms with Gasteiger partial charge in [0, 0.05) is 45.2 Å². The number of piperazine rings is 1. The molecule has 27 heavy (non-hydrogen) atoms. The zero-order valence-corrected chi connectivity index (χ0v) is 16.8. The van der Waals surface area contributed by atoms with Crippen molar-refractivity contribution in [2.45, 2.75) is 33.2 Å². The van der Waals surface area contributed by atoms with Crippen molar-refractivity contribution in [3.8, 4) is 0 Å². The van der Waals surface area contributed by atoms with Gasteiger partial charge in [-0.05, 0) is 32.9 Å². The predicted octanol–water partition coefficient (Wildman–Crippen LogP) is 1.49. The molecule has 0 unspecified atom stereocenters. The number of amides is 1. The van der Waals surface area contributed by atoms with Crippen LogP contribution in [0.15, 0.2) is 40.0 Å². The minimum atomic E-state index is 0.0891. The van der Waals surface area contributed by atoms with Gasteiger partial charge in [0.15, 0.2) is 5.96 Å². The van der Waals surface area contributed by atoms with Crippen molar-refractivity contribution < 1.29 is 9.21 Å². The van der Waals surface area contributed by atoms with Crippen molar-refractivity contribution in [3.63, 3.8) is 0 Å². The Morgan fingerprint density at radius 2 is 2.07 bits per heavy atom. The van der Waals surface area contributed by atoms with E-state index >= 15 is 0 Å². The summed E-state index contributed by atoms with van der Waals surface area (Å²) in [4.78, 5) is 21.1. The Labute approximate surface area is 162 Å². The maximum absolute atomic E-state index is 11.9. The third-order valence-electron chi connectivity index (χ3n) is 4.22. The molecule has 0 atom stereocenters. The zero-order chi connectivity index (χ0) is 19.6. The molecule has 2 heterocycles. The van der Waals surface area contributed by atoms with Crippen LogP contribution in [0.5, 0.6) is 0 Å². The van der Waals surface area contributed by atoms with E-state index in [9.17, 15) is 4.79 Å². The topological polar surface area (TPSA) is 73.1 Å². The molecule has 1 amide bonds. The summed E-state index contributed by atoms with van der Waals surface area (Å²) in [5.41, 5.74) is 1.03. The third kappa shape index (κ3) is 7.86. The molecule has 0 saturated carbocycles. The summed E-state index contributed by atoms with van der Waals surface area (Å²) in [6, 6.07) is 4.06. The van der Waals surface area contributed by atoms with Gasteiger partial charge in [0.25, 0.3) is 0 Å². The van der Waals surface area contributed by atoms with Crippen molar-refractivity contribution in [1.29, 1.82) is 0 Å². The second kappa shape index (κ2) is 10.8. The first-order valence-corrected chi connectivity index (χ1v) is 9.66. The molecule has 1 aromatic rings. The molecule has 1 aliphatic heterocycles. The summed E-state index contributed by atoms with van der Waals surface area (Å²) < 4.78 is 5.39. The fourth-order valence-corrected chi connectivity index (χ4v) is 2.92. The monoisotopic (exact) mass is 375 g/mol. The standard InChI is InChI=1S/C20H33N5O2/c1-16(2)14-22-20(21-8-7-18-6-5-13-27-18)25-11-9-24(10-12-25)15-19(26)23-17(3)4/h5-6,13,17H,1,7-12,14-15H2,2-4H3,(H,21,22)(H,23,26). The summed E-state index contributed by atoms with van der Waals surface area (Å²) in [6.45, 7) is 15.1. The van der Waals surface area contributed by atoms with Crippen LogP contribution in [0.2, 0.25) is 0 Å². The van der Waals surface area contributed by atoms with Crippen molar-refractivity contribution in [3.05, 3.63) is 36.3 Å². The van der Waals surface area contributed by atoms with E-state index < -0.39 is 0 Å². The van der Waals surface area contributed by atoms with E-state index in [2.05, 4.69) is 27.0 Å². The number of aliphatic imine (C=N–C) groups is 1. The summed E-state index contributed by atoms with van der Waals surface area (Å²) in [7, 11) is 0. The van der Waals surface area contributed by atoms with E-state index in [1.54, 1.807) is 6.26 Å². The van der Waals surface area contributed by atoms with Gasteiger partial charge in [-0.1, -0.05) is 12.2 Å². The molecule has 1 aromatic heterocycles. The van der Waals surface area contributed by atoms with Crippen LogP contribution in [-0.2, 0) is 11.2 Å². The number of carbonyl (C=O) groups excluding carboxylic acids is 1. The zero-order valence-electron chi connectivity index (χ0n) is 16.8. The summed E-state index contributed by atoms with van der Waals surface area (Å²) in [6.07, 6.45) is 2.51. The maximum Gasteiger partial charge on any atom is 0.234 e. The van der Waals surface area contributed by atoms with E-state index in [0.717, 1.165) is 56.4 Å². The Kier molecular flexibility index (Phi) is 8.39. The van der Waals surface area contributed by atoms with Gasteiger partial charge in [-0.2, -0.15) is 0 Å². The number of hydrogen-bond acceptors (Lipinski definition) is 4. The van der Waals surface area contributed by atoms with Gasteiger partial charge in [0.1, 0.15) is 5.76 Å². The van der Waals surface area contributed by atoms with Gasteiger partial charge >= 0.3 is 0 Å². The second-order valence-electron chi connectivity index (χ2n) is 7.34. The Morgan fingerprint density at radius 1 is 1.33 bits per heavy atom. The lowest BCUT2D eigenvalue weighted by atomic mass is 10.3. The molecule has 0 bridgehead atoms. The van der Waals surface area contributed by atoms with E-state index in [1.165, 1.54) is 0 Å². The molecule has 150 valence electrons. The SMILES string of the molecule is C=C(C)CN=C(NCCc1ccco1)N1CCN(CC(=O)NC(C)C)CC1. The molecule has 1 fully saturated rings. The average molecular weight is 376 g/mol. The van der Waals surface area contributed by atoms with Gasteiger partial charge in [-0.3, -0.25) is 9.69 Å². The first-order valence-electron chi connectivity index (χ1n) is 9.66. The second-order valence-corrected chi connectivity index (χ2v) is 7.34. The highest BCUT2D eigenvalue weighted by Crippen LogP contribution is 2.04. The highest BCUT2D eigenvalue weighted by molar-refractivity contribution is 5.80. The summed E-state index contributed by atoms with van der Waals surface area (Å²) in [5.74, 6) is 1.95. The molecule has 2 N–H and O–H groups in total. The van der Waals surface area contributed by atoms with Crippen LogP contribution in [0, 0.1) is 0 Å². The molecule has 7 heteroatoms. The average Bonchev–Trinajstić information content (AvgIpc) is 3.11. The minimum Gasteiger partial charge on any atom is -0.469 e.